The summed E-state index contributed by atoms with van der Waals surface area (Å²) >= 11 is 0. The van der Waals surface area contributed by atoms with Crippen LogP contribution < -0.4 is 21.7 Å². The van der Waals surface area contributed by atoms with Gasteiger partial charge in [-0.1, -0.05) is 6.42 Å². The molecule has 0 saturated carbocycles. The molecule has 0 rings (SSSR count). The topological polar surface area (TPSA) is 188 Å². The number of primary amides is 1. The van der Waals surface area contributed by atoms with Crippen molar-refractivity contribution in [2.45, 2.75) is 44.6 Å². The van der Waals surface area contributed by atoms with E-state index < -0.39 is 23.9 Å². The third kappa shape index (κ3) is 15.1. The number of rotatable bonds is 16. The summed E-state index contributed by atoms with van der Waals surface area (Å²) < 4.78 is 0. The van der Waals surface area contributed by atoms with Gasteiger partial charge in [-0.15, -0.1) is 0 Å². The molecule has 174 valence electrons. The van der Waals surface area contributed by atoms with Crippen molar-refractivity contribution in [3.63, 3.8) is 0 Å². The lowest BCUT2D eigenvalue weighted by Gasteiger charge is -2.15. The average Bonchev–Trinajstić information content (AvgIpc) is 2.71. The van der Waals surface area contributed by atoms with Gasteiger partial charge >= 0.3 is 12.0 Å². The lowest BCUT2D eigenvalue weighted by atomic mass is 10.1. The molecule has 12 heteroatoms. The van der Waals surface area contributed by atoms with E-state index in [1.807, 2.05) is 0 Å². The number of nitrogens with one attached hydrogen (secondary N) is 3. The number of aliphatic carboxylic acids is 1. The second-order valence-corrected chi connectivity index (χ2v) is 6.73. The Morgan fingerprint density at radius 2 is 1.74 bits per heavy atom. The third-order valence-electron chi connectivity index (χ3n) is 4.14. The Morgan fingerprint density at radius 1 is 1.03 bits per heavy atom. The Labute approximate surface area is 180 Å². The van der Waals surface area contributed by atoms with Crippen molar-refractivity contribution < 1.29 is 33.9 Å². The van der Waals surface area contributed by atoms with Crippen LogP contribution in [-0.2, 0) is 24.0 Å². The summed E-state index contributed by atoms with van der Waals surface area (Å²) in [7, 11) is 1.61. The Balaban J connectivity index is 4.01. The first-order valence-electron chi connectivity index (χ1n) is 9.86. The van der Waals surface area contributed by atoms with Gasteiger partial charge in [0.1, 0.15) is 12.3 Å². The van der Waals surface area contributed by atoms with Gasteiger partial charge in [-0.3, -0.25) is 19.2 Å². The molecule has 0 heterocycles. The van der Waals surface area contributed by atoms with E-state index >= 15 is 0 Å². The number of urea groups is 1. The quantitative estimate of drug-likeness (QED) is 0.114. The zero-order valence-electron chi connectivity index (χ0n) is 17.6. The molecular weight excluding hydrogens is 410 g/mol. The number of unbranched alkanes of at least 4 members (excludes halogenated alkanes) is 2. The second kappa shape index (κ2) is 16.4. The fourth-order valence-electron chi connectivity index (χ4n) is 2.46. The van der Waals surface area contributed by atoms with Crippen molar-refractivity contribution in [3.8, 4) is 0 Å². The van der Waals surface area contributed by atoms with Crippen LogP contribution in [0.4, 0.5) is 4.79 Å². The molecule has 6 N–H and O–H groups in total. The molecule has 0 aliphatic rings. The number of amides is 5. The van der Waals surface area contributed by atoms with Gasteiger partial charge in [-0.25, -0.2) is 9.59 Å². The minimum Gasteiger partial charge on any atom is -0.480 e. The first-order valence-corrected chi connectivity index (χ1v) is 9.86. The van der Waals surface area contributed by atoms with E-state index in [9.17, 15) is 28.8 Å². The van der Waals surface area contributed by atoms with Crippen LogP contribution in [0.25, 0.3) is 0 Å². The molecule has 0 aromatic carbocycles. The standard InChI is InChI=1S/C19H31N5O7/c1-24(17(28)9-6-12-25)11-4-2-3-8-15(26)22-13-16(27)23-14(18(29)30)7-5-10-21-19(20)31/h6,9,12,14H,2-5,7-8,10-11,13H2,1H3,(H,22,26)(H,23,27)(H,29,30)(H3,20,21,31)/b9-6-. The predicted molar refractivity (Wildman–Crippen MR) is 111 cm³/mol. The number of carbonyl (C=O) groups is 6. The number of hydrogen-bond donors (Lipinski definition) is 5. The number of nitrogens with two attached hydrogens (primary N) is 1. The van der Waals surface area contributed by atoms with E-state index in [1.54, 1.807) is 7.05 Å². The van der Waals surface area contributed by atoms with Gasteiger partial charge in [0.05, 0.1) is 6.54 Å². The lowest BCUT2D eigenvalue weighted by molar-refractivity contribution is -0.142. The number of carboxylic acid groups (broad SMARTS) is 1. The fourth-order valence-corrected chi connectivity index (χ4v) is 2.46. The summed E-state index contributed by atoms with van der Waals surface area (Å²) in [6.45, 7) is 0.325. The van der Waals surface area contributed by atoms with Gasteiger partial charge in [0, 0.05) is 32.6 Å². The number of nitrogens with zero attached hydrogens (tertiary/aromatic N) is 1. The molecule has 1 unspecified atom stereocenters. The lowest BCUT2D eigenvalue weighted by Crippen LogP contribution is -2.45. The number of likely N-dealkylation sites (N-methyl/N-ethyl adjacent to an activating group) is 1. The minimum absolute atomic E-state index is 0.0944. The van der Waals surface area contributed by atoms with E-state index in [2.05, 4.69) is 16.0 Å². The van der Waals surface area contributed by atoms with E-state index in [0.717, 1.165) is 6.08 Å². The summed E-state index contributed by atoms with van der Waals surface area (Å²) in [5.41, 5.74) is 4.91. The SMILES string of the molecule is CN(CCCCCC(=O)NCC(=O)NC(CCCNC(N)=O)C(=O)O)C(=O)/C=C\C=O. The zero-order valence-corrected chi connectivity index (χ0v) is 17.6. The van der Waals surface area contributed by atoms with Gasteiger partial charge in [-0.2, -0.15) is 0 Å². The largest absolute Gasteiger partial charge is 0.480 e. The van der Waals surface area contributed by atoms with Crippen molar-refractivity contribution in [2.75, 3.05) is 26.7 Å². The van der Waals surface area contributed by atoms with Crippen LogP contribution in [-0.4, -0.2) is 78.7 Å². The monoisotopic (exact) mass is 441 g/mol. The predicted octanol–water partition coefficient (Wildman–Crippen LogP) is -1.11. The second-order valence-electron chi connectivity index (χ2n) is 6.73. The van der Waals surface area contributed by atoms with Crippen LogP contribution in [0.5, 0.6) is 0 Å². The number of aldehydes is 1. The molecule has 0 saturated heterocycles. The molecule has 0 bridgehead atoms. The Bertz CT molecular complexity index is 666. The molecule has 12 nitrogen and oxygen atoms in total. The molecule has 0 spiro atoms. The first-order chi connectivity index (χ1) is 14.7. The van der Waals surface area contributed by atoms with Crippen LogP contribution in [0.3, 0.4) is 0 Å². The molecule has 0 radical (unpaired) electrons. The average molecular weight is 441 g/mol. The smallest absolute Gasteiger partial charge is 0.326 e. The van der Waals surface area contributed by atoms with Crippen LogP contribution in [0, 0.1) is 0 Å². The highest BCUT2D eigenvalue weighted by Gasteiger charge is 2.19. The van der Waals surface area contributed by atoms with Crippen molar-refractivity contribution in [1.29, 1.82) is 0 Å². The van der Waals surface area contributed by atoms with Gasteiger partial charge in [0.2, 0.25) is 17.7 Å². The molecule has 0 aromatic heterocycles. The van der Waals surface area contributed by atoms with E-state index in [4.69, 9.17) is 10.8 Å². The number of carboxylic acids is 1. The van der Waals surface area contributed by atoms with Crippen molar-refractivity contribution in [1.82, 2.24) is 20.9 Å². The van der Waals surface area contributed by atoms with Crippen LogP contribution in [0.1, 0.15) is 38.5 Å². The molecule has 0 aromatic rings. The van der Waals surface area contributed by atoms with E-state index in [1.165, 1.54) is 11.0 Å². The van der Waals surface area contributed by atoms with Crippen molar-refractivity contribution >= 4 is 36.0 Å². The molecule has 1 atom stereocenters. The maximum Gasteiger partial charge on any atom is 0.326 e. The van der Waals surface area contributed by atoms with Crippen LogP contribution in [0.2, 0.25) is 0 Å². The first kappa shape index (κ1) is 27.6. The Hall–Kier alpha value is -3.44. The third-order valence-corrected chi connectivity index (χ3v) is 4.14. The number of carbonyl (C=O) groups excluding carboxylic acids is 5. The minimum atomic E-state index is -1.22. The Kier molecular flexibility index (Phi) is 14.6. The highest BCUT2D eigenvalue weighted by molar-refractivity contribution is 5.90. The van der Waals surface area contributed by atoms with Crippen molar-refractivity contribution in [2.24, 2.45) is 5.73 Å². The normalized spacial score (nSPS) is 11.4. The molecule has 0 aliphatic carbocycles. The number of hydrogen-bond acceptors (Lipinski definition) is 6. The van der Waals surface area contributed by atoms with Gasteiger partial charge in [0.25, 0.3) is 0 Å². The zero-order chi connectivity index (χ0) is 23.6. The van der Waals surface area contributed by atoms with Crippen molar-refractivity contribution in [3.05, 3.63) is 12.2 Å². The molecule has 5 amide bonds. The summed E-state index contributed by atoms with van der Waals surface area (Å²) in [6, 6.07) is -1.86. The van der Waals surface area contributed by atoms with Gasteiger partial charge < -0.3 is 31.7 Å². The molecule has 0 aliphatic heterocycles. The van der Waals surface area contributed by atoms with E-state index in [-0.39, 0.29) is 37.7 Å². The summed E-state index contributed by atoms with van der Waals surface area (Å²) in [4.78, 5) is 68.6. The molecule has 31 heavy (non-hydrogen) atoms. The highest BCUT2D eigenvalue weighted by Crippen LogP contribution is 2.02. The maximum atomic E-state index is 11.8. The van der Waals surface area contributed by atoms with Crippen LogP contribution in [0.15, 0.2) is 12.2 Å². The van der Waals surface area contributed by atoms with Gasteiger partial charge in [0.15, 0.2) is 0 Å². The maximum absolute atomic E-state index is 11.8. The Morgan fingerprint density at radius 3 is 2.35 bits per heavy atom. The number of allylic oxidation sites excluding steroid dienone is 1. The van der Waals surface area contributed by atoms with Gasteiger partial charge in [-0.05, 0) is 31.8 Å². The van der Waals surface area contributed by atoms with E-state index in [0.29, 0.717) is 38.5 Å². The summed E-state index contributed by atoms with van der Waals surface area (Å²) in [6.07, 6.45) is 5.35. The summed E-state index contributed by atoms with van der Waals surface area (Å²) in [5, 5.41) is 16.2. The molecular formula is C19H31N5O7. The fraction of sp³-hybridized carbons (Fsp3) is 0.579. The van der Waals surface area contributed by atoms with Crippen LogP contribution >= 0.6 is 0 Å². The molecule has 0 fully saturated rings. The summed E-state index contributed by atoms with van der Waals surface area (Å²) in [5.74, 6) is -2.47. The highest BCUT2D eigenvalue weighted by atomic mass is 16.4.